The van der Waals surface area contributed by atoms with Crippen molar-refractivity contribution in [3.05, 3.63) is 60.2 Å². The fraction of sp³-hybridized carbons (Fsp3) is 0.462. The largest absolute Gasteiger partial charge is 0.573 e. The van der Waals surface area contributed by atoms with Gasteiger partial charge >= 0.3 is 6.36 Å². The van der Waals surface area contributed by atoms with Crippen molar-refractivity contribution >= 4 is 17.5 Å². The summed E-state index contributed by atoms with van der Waals surface area (Å²) in [6, 6.07) is 5.93. The van der Waals surface area contributed by atoms with E-state index in [0.717, 1.165) is 11.1 Å². The van der Waals surface area contributed by atoms with Crippen LogP contribution in [-0.2, 0) is 9.59 Å². The van der Waals surface area contributed by atoms with Crippen LogP contribution in [-0.4, -0.2) is 78.2 Å². The minimum absolute atomic E-state index is 0.0124. The fourth-order valence-corrected chi connectivity index (χ4v) is 4.53. The maximum atomic E-state index is 12.7. The molecule has 0 aliphatic carbocycles. The van der Waals surface area contributed by atoms with Crippen LogP contribution in [0.4, 0.5) is 18.9 Å². The zero-order valence-electron chi connectivity index (χ0n) is 20.6. The Morgan fingerprint density at radius 3 is 2.43 bits per heavy atom. The molecular formula is C26H32F3N3O5. The zero-order valence-corrected chi connectivity index (χ0v) is 20.6. The highest BCUT2D eigenvalue weighted by Crippen LogP contribution is 2.34. The van der Waals surface area contributed by atoms with Crippen LogP contribution < -0.4 is 15.0 Å². The van der Waals surface area contributed by atoms with Gasteiger partial charge in [-0.1, -0.05) is 36.9 Å². The standard InChI is InChI=1S/C26H32F3N3O5/c1-3-7-19-16-32(15-18(19)4-2)25(36)23(34)22(33)24(35)30-14-17-10-12-31(13-11-17)20-8-5-6-9-21(20)37-26(27,28)29/h3-9,17,22-23,33-34H,1,10-16H2,2H3,(H,30,35)/b18-4-,19-7-/t22-,23-/m1/s1. The van der Waals surface area contributed by atoms with Gasteiger partial charge < -0.3 is 30.1 Å². The van der Waals surface area contributed by atoms with E-state index in [0.29, 0.717) is 31.6 Å². The summed E-state index contributed by atoms with van der Waals surface area (Å²) >= 11 is 0. The van der Waals surface area contributed by atoms with Crippen molar-refractivity contribution in [2.45, 2.75) is 38.3 Å². The molecule has 0 unspecified atom stereocenters. The third-order valence-corrected chi connectivity index (χ3v) is 6.55. The van der Waals surface area contributed by atoms with E-state index in [1.165, 1.54) is 17.0 Å². The second-order valence-electron chi connectivity index (χ2n) is 9.02. The highest BCUT2D eigenvalue weighted by atomic mass is 19.4. The molecule has 3 rings (SSSR count). The van der Waals surface area contributed by atoms with Gasteiger partial charge in [0.05, 0.1) is 5.69 Å². The molecule has 2 fully saturated rings. The quantitative estimate of drug-likeness (QED) is 0.484. The minimum atomic E-state index is -4.79. The Morgan fingerprint density at radius 2 is 1.81 bits per heavy atom. The molecule has 2 aliphatic rings. The number of halogens is 3. The summed E-state index contributed by atoms with van der Waals surface area (Å²) in [5.41, 5.74) is 2.11. The first-order chi connectivity index (χ1) is 17.5. The second-order valence-corrected chi connectivity index (χ2v) is 9.02. The molecule has 2 aliphatic heterocycles. The Morgan fingerprint density at radius 1 is 1.16 bits per heavy atom. The van der Waals surface area contributed by atoms with Gasteiger partial charge in [-0.15, -0.1) is 13.2 Å². The van der Waals surface area contributed by atoms with Crippen molar-refractivity contribution in [2.24, 2.45) is 5.92 Å². The van der Waals surface area contributed by atoms with Crippen LogP contribution in [0.15, 0.2) is 60.2 Å². The molecule has 0 saturated carbocycles. The van der Waals surface area contributed by atoms with E-state index in [4.69, 9.17) is 0 Å². The molecule has 2 atom stereocenters. The van der Waals surface area contributed by atoms with Gasteiger partial charge in [0, 0.05) is 32.7 Å². The normalized spacial score (nSPS) is 20.7. The average Bonchev–Trinajstić information content (AvgIpc) is 3.29. The third kappa shape index (κ3) is 7.36. The number of para-hydroxylation sites is 2. The summed E-state index contributed by atoms with van der Waals surface area (Å²) in [6.07, 6.45) is -2.25. The van der Waals surface area contributed by atoms with E-state index in [1.54, 1.807) is 29.2 Å². The van der Waals surface area contributed by atoms with Crippen molar-refractivity contribution in [1.29, 1.82) is 0 Å². The van der Waals surface area contributed by atoms with Crippen molar-refractivity contribution in [3.8, 4) is 5.75 Å². The molecular weight excluding hydrogens is 491 g/mol. The summed E-state index contributed by atoms with van der Waals surface area (Å²) in [4.78, 5) is 28.3. The highest BCUT2D eigenvalue weighted by molar-refractivity contribution is 5.91. The summed E-state index contributed by atoms with van der Waals surface area (Å²) < 4.78 is 42.3. The van der Waals surface area contributed by atoms with E-state index in [2.05, 4.69) is 16.6 Å². The SMILES string of the molecule is C=C/C=C1/CN(C(=O)[C@H](O)[C@@H](O)C(=O)NCC2CCN(c3ccccc3OC(F)(F)F)CC2)C/C1=C/C. The Labute approximate surface area is 213 Å². The maximum Gasteiger partial charge on any atom is 0.573 e. The number of allylic oxidation sites excluding steroid dienone is 3. The van der Waals surface area contributed by atoms with E-state index in [1.807, 2.05) is 13.0 Å². The van der Waals surface area contributed by atoms with Gasteiger partial charge in [-0.2, -0.15) is 0 Å². The number of piperidine rings is 1. The minimum Gasteiger partial charge on any atom is -0.404 e. The van der Waals surface area contributed by atoms with Gasteiger partial charge in [0.15, 0.2) is 18.0 Å². The zero-order chi connectivity index (χ0) is 27.2. The summed E-state index contributed by atoms with van der Waals surface area (Å²) in [5, 5.41) is 23.2. The molecule has 11 heteroatoms. The molecule has 8 nitrogen and oxygen atoms in total. The first-order valence-electron chi connectivity index (χ1n) is 12.0. The second kappa shape index (κ2) is 12.3. The number of hydrogen-bond donors (Lipinski definition) is 3. The predicted octanol–water partition coefficient (Wildman–Crippen LogP) is 2.54. The Balaban J connectivity index is 1.49. The third-order valence-electron chi connectivity index (χ3n) is 6.55. The predicted molar refractivity (Wildman–Crippen MR) is 132 cm³/mol. The Bertz CT molecular complexity index is 1050. The molecule has 0 bridgehead atoms. The number of carbonyl (C=O) groups excluding carboxylic acids is 2. The number of nitrogens with zero attached hydrogens (tertiary/aromatic N) is 2. The number of aliphatic hydroxyl groups excluding tert-OH is 2. The van der Waals surface area contributed by atoms with Crippen LogP contribution in [0.3, 0.4) is 0 Å². The number of anilines is 1. The first-order valence-corrected chi connectivity index (χ1v) is 12.0. The number of ether oxygens (including phenoxy) is 1. The molecule has 1 aromatic carbocycles. The molecule has 2 amide bonds. The van der Waals surface area contributed by atoms with Crippen molar-refractivity contribution in [2.75, 3.05) is 37.6 Å². The van der Waals surface area contributed by atoms with Crippen LogP contribution in [0.5, 0.6) is 5.75 Å². The number of nitrogens with one attached hydrogen (secondary N) is 1. The number of amides is 2. The molecule has 0 radical (unpaired) electrons. The van der Waals surface area contributed by atoms with Crippen molar-refractivity contribution < 1.29 is 37.7 Å². The number of rotatable bonds is 8. The maximum absolute atomic E-state index is 12.7. The van der Waals surface area contributed by atoms with Crippen LogP contribution in [0.25, 0.3) is 0 Å². The van der Waals surface area contributed by atoms with Gasteiger partial charge in [0.25, 0.3) is 11.8 Å². The number of hydrogen-bond acceptors (Lipinski definition) is 6. The monoisotopic (exact) mass is 523 g/mol. The van der Waals surface area contributed by atoms with Crippen LogP contribution >= 0.6 is 0 Å². The van der Waals surface area contributed by atoms with Crippen molar-refractivity contribution in [3.63, 3.8) is 0 Å². The number of aliphatic hydroxyl groups is 2. The average molecular weight is 524 g/mol. The van der Waals surface area contributed by atoms with Gasteiger partial charge in [-0.3, -0.25) is 9.59 Å². The van der Waals surface area contributed by atoms with Crippen LogP contribution in [0, 0.1) is 5.92 Å². The van der Waals surface area contributed by atoms with Gasteiger partial charge in [-0.05, 0) is 49.0 Å². The number of alkyl halides is 3. The molecule has 202 valence electrons. The van der Waals surface area contributed by atoms with E-state index in [9.17, 15) is 33.0 Å². The lowest BCUT2D eigenvalue weighted by Gasteiger charge is -2.34. The number of benzene rings is 1. The summed E-state index contributed by atoms with van der Waals surface area (Å²) in [5.74, 6) is -1.87. The van der Waals surface area contributed by atoms with Crippen LogP contribution in [0.2, 0.25) is 0 Å². The van der Waals surface area contributed by atoms with E-state index >= 15 is 0 Å². The summed E-state index contributed by atoms with van der Waals surface area (Å²) in [6.45, 7) is 7.08. The smallest absolute Gasteiger partial charge is 0.404 e. The molecule has 0 aromatic heterocycles. The molecule has 2 saturated heterocycles. The topological polar surface area (TPSA) is 102 Å². The highest BCUT2D eigenvalue weighted by Gasteiger charge is 2.37. The van der Waals surface area contributed by atoms with Gasteiger partial charge in [0.1, 0.15) is 0 Å². The number of carbonyl (C=O) groups is 2. The molecule has 37 heavy (non-hydrogen) atoms. The molecule has 2 heterocycles. The molecule has 1 aromatic rings. The first kappa shape index (κ1) is 28.3. The lowest BCUT2D eigenvalue weighted by atomic mass is 9.96. The lowest BCUT2D eigenvalue weighted by Crippen LogP contribution is -2.51. The van der Waals surface area contributed by atoms with Gasteiger partial charge in [-0.25, -0.2) is 0 Å². The van der Waals surface area contributed by atoms with Crippen LogP contribution in [0.1, 0.15) is 19.8 Å². The van der Waals surface area contributed by atoms with E-state index in [-0.39, 0.29) is 31.3 Å². The molecule has 3 N–H and O–H groups in total. The Hall–Kier alpha value is -3.31. The summed E-state index contributed by atoms with van der Waals surface area (Å²) in [7, 11) is 0. The van der Waals surface area contributed by atoms with Crippen molar-refractivity contribution in [1.82, 2.24) is 10.2 Å². The fourth-order valence-electron chi connectivity index (χ4n) is 4.53. The van der Waals surface area contributed by atoms with E-state index < -0.39 is 30.4 Å². The van der Waals surface area contributed by atoms with Gasteiger partial charge in [0.2, 0.25) is 0 Å². The molecule has 0 spiro atoms. The lowest BCUT2D eigenvalue weighted by molar-refractivity contribution is -0.274. The Kier molecular flexibility index (Phi) is 9.39. The number of likely N-dealkylation sites (tertiary alicyclic amines) is 1.